The first kappa shape index (κ1) is 15.0. The molecule has 2 rings (SSSR count). The largest absolute Gasteiger partial charge is 0.378 e. The molecule has 0 aliphatic heterocycles. The van der Waals surface area contributed by atoms with Gasteiger partial charge in [0.2, 0.25) is 0 Å². The Morgan fingerprint density at radius 2 is 1.86 bits per heavy atom. The van der Waals surface area contributed by atoms with Crippen LogP contribution in [0.15, 0.2) is 47.4 Å². The van der Waals surface area contributed by atoms with Crippen LogP contribution in [0.4, 0.5) is 4.39 Å². The molecule has 0 radical (unpaired) electrons. The van der Waals surface area contributed by atoms with Gasteiger partial charge in [-0.05, 0) is 36.8 Å². The van der Waals surface area contributed by atoms with Crippen molar-refractivity contribution in [1.29, 1.82) is 0 Å². The van der Waals surface area contributed by atoms with Crippen molar-refractivity contribution < 1.29 is 21.8 Å². The molecule has 0 aromatic heterocycles. The Balaban J connectivity index is 2.45. The van der Waals surface area contributed by atoms with Gasteiger partial charge < -0.3 is 9.92 Å². The molecule has 21 heavy (non-hydrogen) atoms. The number of para-hydroxylation sites is 1. The van der Waals surface area contributed by atoms with Gasteiger partial charge in [0.05, 0.1) is 5.56 Å². The van der Waals surface area contributed by atoms with Crippen LogP contribution in [0.2, 0.25) is 0 Å². The molecule has 0 atom stereocenters. The molecule has 5 nitrogen and oxygen atoms in total. The minimum Gasteiger partial charge on any atom is -0.378 e. The zero-order valence-electron chi connectivity index (χ0n) is 11.0. The topological polar surface area (TPSA) is 86.5 Å². The van der Waals surface area contributed by atoms with Crippen molar-refractivity contribution in [2.75, 3.05) is 0 Å². The number of carbonyl (C=O) groups excluding carboxylic acids is 1. The number of hydrogen-bond acceptors (Lipinski definition) is 4. The van der Waals surface area contributed by atoms with Gasteiger partial charge in [-0.25, -0.2) is 4.39 Å². The Morgan fingerprint density at radius 1 is 1.19 bits per heavy atom. The van der Waals surface area contributed by atoms with E-state index in [4.69, 9.17) is 9.92 Å². The molecule has 2 aromatic rings. The summed E-state index contributed by atoms with van der Waals surface area (Å²) in [6.07, 6.45) is 0. The quantitative estimate of drug-likeness (QED) is 0.875. The van der Waals surface area contributed by atoms with Crippen LogP contribution in [0.5, 0.6) is 5.75 Å². The van der Waals surface area contributed by atoms with Gasteiger partial charge in [0.15, 0.2) is 5.75 Å². The highest BCUT2D eigenvalue weighted by molar-refractivity contribution is 7.87. The summed E-state index contributed by atoms with van der Waals surface area (Å²) in [4.78, 5) is 10.6. The summed E-state index contributed by atoms with van der Waals surface area (Å²) in [6.45, 7) is 1.63. The molecule has 0 aliphatic carbocycles. The van der Waals surface area contributed by atoms with Crippen molar-refractivity contribution in [3.63, 3.8) is 0 Å². The molecule has 0 bridgehead atoms. The second kappa shape index (κ2) is 5.53. The predicted octanol–water partition coefficient (Wildman–Crippen LogP) is 2.00. The van der Waals surface area contributed by atoms with E-state index in [1.165, 1.54) is 30.3 Å². The Bertz CT molecular complexity index is 802. The lowest BCUT2D eigenvalue weighted by Gasteiger charge is -2.10. The van der Waals surface area contributed by atoms with Gasteiger partial charge in [-0.15, -0.1) is 0 Å². The lowest BCUT2D eigenvalue weighted by molar-refractivity contribution is 0.0999. The molecular formula is C14H12FNO4S. The van der Waals surface area contributed by atoms with Crippen LogP contribution in [-0.2, 0) is 10.1 Å². The van der Waals surface area contributed by atoms with Crippen LogP contribution < -0.4 is 9.92 Å². The van der Waals surface area contributed by atoms with E-state index in [-0.39, 0.29) is 11.3 Å². The Labute approximate surface area is 121 Å². The average Bonchev–Trinajstić information content (AvgIpc) is 2.37. The van der Waals surface area contributed by atoms with Gasteiger partial charge in [0.1, 0.15) is 10.7 Å². The molecule has 7 heteroatoms. The molecule has 2 aromatic carbocycles. The number of benzene rings is 2. The number of amides is 1. The minimum absolute atomic E-state index is 0.103. The molecule has 1 amide bonds. The number of aryl methyl sites for hydroxylation is 1. The fraction of sp³-hybridized carbons (Fsp3) is 0.0714. The number of primary amides is 1. The summed E-state index contributed by atoms with van der Waals surface area (Å²) >= 11 is 0. The number of carbonyl (C=O) groups is 1. The average molecular weight is 309 g/mol. The summed E-state index contributed by atoms with van der Waals surface area (Å²) < 4.78 is 42.8. The molecule has 2 N–H and O–H groups in total. The minimum atomic E-state index is -4.40. The van der Waals surface area contributed by atoms with Crippen LogP contribution in [0, 0.1) is 12.7 Å². The van der Waals surface area contributed by atoms with Crippen LogP contribution in [0.25, 0.3) is 0 Å². The fourth-order valence-electron chi connectivity index (χ4n) is 1.71. The Kier molecular flexibility index (Phi) is 3.95. The molecule has 0 saturated carbocycles. The lowest BCUT2D eigenvalue weighted by Crippen LogP contribution is -2.17. The predicted molar refractivity (Wildman–Crippen MR) is 73.9 cm³/mol. The van der Waals surface area contributed by atoms with Gasteiger partial charge >= 0.3 is 10.1 Å². The Morgan fingerprint density at radius 3 is 2.48 bits per heavy atom. The van der Waals surface area contributed by atoms with Crippen molar-refractivity contribution in [1.82, 2.24) is 0 Å². The smallest absolute Gasteiger partial charge is 0.342 e. The first-order chi connectivity index (χ1) is 9.81. The SMILES string of the molecule is Cc1ccc(S(=O)(=O)Oc2ccccc2C(N)=O)c(F)c1. The normalized spacial score (nSPS) is 11.1. The van der Waals surface area contributed by atoms with Crippen LogP contribution in [-0.4, -0.2) is 14.3 Å². The molecule has 0 saturated heterocycles. The highest BCUT2D eigenvalue weighted by atomic mass is 32.2. The maximum atomic E-state index is 13.8. The van der Waals surface area contributed by atoms with Gasteiger partial charge in [0.25, 0.3) is 5.91 Å². The zero-order chi connectivity index (χ0) is 15.6. The second-order valence-corrected chi connectivity index (χ2v) is 5.85. The third-order valence-electron chi connectivity index (χ3n) is 2.71. The first-order valence-corrected chi connectivity index (χ1v) is 7.31. The van der Waals surface area contributed by atoms with Gasteiger partial charge in [-0.3, -0.25) is 4.79 Å². The first-order valence-electron chi connectivity index (χ1n) is 5.91. The summed E-state index contributed by atoms with van der Waals surface area (Å²) in [6, 6.07) is 9.19. The van der Waals surface area contributed by atoms with E-state index in [0.29, 0.717) is 5.56 Å². The molecule has 0 heterocycles. The number of rotatable bonds is 4. The molecule has 0 spiro atoms. The maximum Gasteiger partial charge on any atom is 0.342 e. The van der Waals surface area contributed by atoms with Crippen molar-refractivity contribution in [3.05, 3.63) is 59.4 Å². The molecule has 110 valence electrons. The van der Waals surface area contributed by atoms with E-state index < -0.39 is 26.7 Å². The summed E-state index contributed by atoms with van der Waals surface area (Å²) in [5, 5.41) is 0. The number of nitrogens with two attached hydrogens (primary N) is 1. The van der Waals surface area contributed by atoms with Gasteiger partial charge in [0, 0.05) is 0 Å². The molecule has 0 fully saturated rings. The lowest BCUT2D eigenvalue weighted by atomic mass is 10.2. The van der Waals surface area contributed by atoms with Crippen molar-refractivity contribution >= 4 is 16.0 Å². The van der Waals surface area contributed by atoms with Crippen LogP contribution >= 0.6 is 0 Å². The van der Waals surface area contributed by atoms with E-state index in [1.54, 1.807) is 6.92 Å². The van der Waals surface area contributed by atoms with Crippen LogP contribution in [0.1, 0.15) is 15.9 Å². The van der Waals surface area contributed by atoms with E-state index >= 15 is 0 Å². The van der Waals surface area contributed by atoms with E-state index in [1.807, 2.05) is 0 Å². The summed E-state index contributed by atoms with van der Waals surface area (Å²) in [5.74, 6) is -2.01. The highest BCUT2D eigenvalue weighted by Gasteiger charge is 2.23. The Hall–Kier alpha value is -2.41. The van der Waals surface area contributed by atoms with E-state index in [9.17, 15) is 17.6 Å². The number of halogens is 1. The zero-order valence-corrected chi connectivity index (χ0v) is 11.9. The molecular weight excluding hydrogens is 297 g/mol. The van der Waals surface area contributed by atoms with Crippen molar-refractivity contribution in [3.8, 4) is 5.75 Å². The van der Waals surface area contributed by atoms with Crippen LogP contribution in [0.3, 0.4) is 0 Å². The van der Waals surface area contributed by atoms with Gasteiger partial charge in [-0.2, -0.15) is 8.42 Å². The second-order valence-electron chi connectivity index (χ2n) is 4.33. The number of hydrogen-bond donors (Lipinski definition) is 1. The molecule has 0 aliphatic rings. The van der Waals surface area contributed by atoms with Gasteiger partial charge in [-0.1, -0.05) is 18.2 Å². The van der Waals surface area contributed by atoms with E-state index in [0.717, 1.165) is 12.1 Å². The molecule has 0 unspecified atom stereocenters. The van der Waals surface area contributed by atoms with E-state index in [2.05, 4.69) is 0 Å². The highest BCUT2D eigenvalue weighted by Crippen LogP contribution is 2.24. The third kappa shape index (κ3) is 3.19. The summed E-state index contributed by atoms with van der Waals surface area (Å²) in [7, 11) is -4.40. The fourth-order valence-corrected chi connectivity index (χ4v) is 2.72. The van der Waals surface area contributed by atoms with Crippen molar-refractivity contribution in [2.45, 2.75) is 11.8 Å². The standard InChI is InChI=1S/C14H12FNO4S/c1-9-6-7-13(11(15)8-9)21(18,19)20-12-5-3-2-4-10(12)14(16)17/h2-8H,1H3,(H2,16,17). The monoisotopic (exact) mass is 309 g/mol. The maximum absolute atomic E-state index is 13.8. The third-order valence-corrected chi connectivity index (χ3v) is 3.98. The van der Waals surface area contributed by atoms with Crippen molar-refractivity contribution in [2.24, 2.45) is 5.73 Å². The summed E-state index contributed by atoms with van der Waals surface area (Å²) in [5.41, 5.74) is 5.60.